The maximum atomic E-state index is 4.35. The molecule has 0 spiro atoms. The summed E-state index contributed by atoms with van der Waals surface area (Å²) in [7, 11) is 0. The molecule has 0 saturated carbocycles. The molecular formula is C9H12N4. The summed E-state index contributed by atoms with van der Waals surface area (Å²) in [4.78, 5) is 8.40. The van der Waals surface area contributed by atoms with E-state index in [1.807, 2.05) is 6.20 Å². The fraction of sp³-hybridized carbons (Fsp3) is 0.556. The van der Waals surface area contributed by atoms with Crippen LogP contribution in [0.25, 0.3) is 0 Å². The van der Waals surface area contributed by atoms with Crippen LogP contribution in [0.2, 0.25) is 0 Å². The minimum atomic E-state index is 0.409. The number of fused-ring (bicyclic) bond motifs is 3. The molecule has 1 aliphatic carbocycles. The van der Waals surface area contributed by atoms with Crippen LogP contribution in [-0.4, -0.2) is 16.5 Å². The van der Waals surface area contributed by atoms with E-state index in [4.69, 9.17) is 0 Å². The largest absolute Gasteiger partial charge is 0.257 e. The molecule has 1 aliphatic heterocycles. The Morgan fingerprint density at radius 1 is 1.46 bits per heavy atom. The number of nitrogens with zero attached hydrogens (tertiary/aromatic N) is 2. The molecule has 0 amide bonds. The van der Waals surface area contributed by atoms with Crippen molar-refractivity contribution in [1.29, 1.82) is 0 Å². The third-order valence-corrected chi connectivity index (χ3v) is 3.00. The average Bonchev–Trinajstić information content (AvgIpc) is 2.65. The van der Waals surface area contributed by atoms with Crippen LogP contribution in [0, 0.1) is 5.92 Å². The van der Waals surface area contributed by atoms with Gasteiger partial charge in [0, 0.05) is 12.7 Å². The molecule has 2 N–H and O–H groups in total. The minimum Gasteiger partial charge on any atom is -0.257 e. The van der Waals surface area contributed by atoms with Crippen molar-refractivity contribution >= 4 is 0 Å². The summed E-state index contributed by atoms with van der Waals surface area (Å²) in [5, 5.41) is 0. The Balaban J connectivity index is 2.06. The molecule has 3 rings (SSSR count). The van der Waals surface area contributed by atoms with E-state index >= 15 is 0 Å². The highest BCUT2D eigenvalue weighted by molar-refractivity contribution is 5.24. The lowest BCUT2D eigenvalue weighted by Gasteiger charge is -2.25. The Morgan fingerprint density at radius 2 is 2.46 bits per heavy atom. The molecule has 0 bridgehead atoms. The van der Waals surface area contributed by atoms with E-state index in [0.29, 0.717) is 12.0 Å². The van der Waals surface area contributed by atoms with Gasteiger partial charge in [-0.15, -0.1) is 0 Å². The van der Waals surface area contributed by atoms with Gasteiger partial charge >= 0.3 is 0 Å². The molecule has 4 heteroatoms. The minimum absolute atomic E-state index is 0.409. The van der Waals surface area contributed by atoms with Crippen LogP contribution in [0.1, 0.15) is 23.7 Å². The maximum Gasteiger partial charge on any atom is 0.115 e. The van der Waals surface area contributed by atoms with Crippen molar-refractivity contribution in [1.82, 2.24) is 20.8 Å². The fourth-order valence-corrected chi connectivity index (χ4v) is 2.28. The summed E-state index contributed by atoms with van der Waals surface area (Å²) in [6.45, 7) is 1.06. The van der Waals surface area contributed by atoms with Crippen LogP contribution in [0.15, 0.2) is 12.5 Å². The lowest BCUT2D eigenvalue weighted by Crippen LogP contribution is -2.28. The molecule has 13 heavy (non-hydrogen) atoms. The lowest BCUT2D eigenvalue weighted by molar-refractivity contribution is 0.407. The Labute approximate surface area is 76.8 Å². The van der Waals surface area contributed by atoms with Gasteiger partial charge in [-0.3, -0.25) is 5.43 Å². The number of aromatic nitrogens is 2. The Hall–Kier alpha value is -1.00. The molecule has 1 aromatic rings. The van der Waals surface area contributed by atoms with Crippen molar-refractivity contribution in [2.24, 2.45) is 5.92 Å². The van der Waals surface area contributed by atoms with Gasteiger partial charge in [-0.1, -0.05) is 0 Å². The zero-order valence-corrected chi connectivity index (χ0v) is 7.33. The molecular weight excluding hydrogens is 164 g/mol. The number of aryl methyl sites for hydroxylation is 1. The van der Waals surface area contributed by atoms with Crippen molar-refractivity contribution in [3.63, 3.8) is 0 Å². The van der Waals surface area contributed by atoms with Crippen LogP contribution < -0.4 is 10.9 Å². The molecule has 2 aliphatic rings. The van der Waals surface area contributed by atoms with Gasteiger partial charge in [-0.25, -0.2) is 15.4 Å². The molecule has 0 aromatic carbocycles. The van der Waals surface area contributed by atoms with Gasteiger partial charge < -0.3 is 0 Å². The summed E-state index contributed by atoms with van der Waals surface area (Å²) >= 11 is 0. The third kappa shape index (κ3) is 1.06. The number of hydrogen-bond acceptors (Lipinski definition) is 4. The normalized spacial score (nSPS) is 31.1. The van der Waals surface area contributed by atoms with E-state index < -0.39 is 0 Å². The van der Waals surface area contributed by atoms with Gasteiger partial charge in [0.2, 0.25) is 0 Å². The topological polar surface area (TPSA) is 49.8 Å². The number of rotatable bonds is 0. The number of nitrogens with one attached hydrogen (secondary N) is 2. The lowest BCUT2D eigenvalue weighted by atomic mass is 9.85. The highest BCUT2D eigenvalue weighted by atomic mass is 15.4. The van der Waals surface area contributed by atoms with E-state index in [0.717, 1.165) is 13.0 Å². The Morgan fingerprint density at radius 3 is 3.46 bits per heavy atom. The quantitative estimate of drug-likeness (QED) is 0.592. The third-order valence-electron chi connectivity index (χ3n) is 3.00. The van der Waals surface area contributed by atoms with Crippen LogP contribution in [0.3, 0.4) is 0 Å². The number of hydrazine groups is 1. The van der Waals surface area contributed by atoms with Crippen molar-refractivity contribution in [3.8, 4) is 0 Å². The van der Waals surface area contributed by atoms with Crippen molar-refractivity contribution in [2.45, 2.75) is 18.9 Å². The smallest absolute Gasteiger partial charge is 0.115 e. The second-order valence-corrected chi connectivity index (χ2v) is 3.73. The molecule has 1 aromatic heterocycles. The van der Waals surface area contributed by atoms with Crippen LogP contribution in [-0.2, 0) is 6.42 Å². The molecule has 2 atom stereocenters. The van der Waals surface area contributed by atoms with Crippen molar-refractivity contribution in [2.75, 3.05) is 6.54 Å². The van der Waals surface area contributed by atoms with E-state index in [9.17, 15) is 0 Å². The van der Waals surface area contributed by atoms with Gasteiger partial charge in [-0.05, 0) is 24.3 Å². The average molecular weight is 176 g/mol. The SMILES string of the molecule is c1ncc2c(n1)C1NNCC1CC2. The second-order valence-electron chi connectivity index (χ2n) is 3.73. The van der Waals surface area contributed by atoms with Gasteiger partial charge in [0.25, 0.3) is 0 Å². The Bertz CT molecular complexity index is 325. The standard InChI is InChI=1S/C9H12N4/c1-2-7-4-12-13-9(7)8-6(1)3-10-5-11-8/h3,5,7,9,12-13H,1-2,4H2. The van der Waals surface area contributed by atoms with E-state index in [1.54, 1.807) is 6.33 Å². The molecule has 1 fully saturated rings. The van der Waals surface area contributed by atoms with Crippen LogP contribution in [0.4, 0.5) is 0 Å². The van der Waals surface area contributed by atoms with E-state index in [2.05, 4.69) is 20.8 Å². The first-order valence-electron chi connectivity index (χ1n) is 4.72. The first-order valence-corrected chi connectivity index (χ1v) is 4.72. The predicted octanol–water partition coefficient (Wildman–Crippen LogP) is 0.188. The van der Waals surface area contributed by atoms with Gasteiger partial charge in [-0.2, -0.15) is 0 Å². The summed E-state index contributed by atoms with van der Waals surface area (Å²) in [6.07, 6.45) is 5.95. The summed E-state index contributed by atoms with van der Waals surface area (Å²) in [5.74, 6) is 0.711. The van der Waals surface area contributed by atoms with E-state index in [1.165, 1.54) is 17.7 Å². The zero-order valence-electron chi connectivity index (χ0n) is 7.33. The molecule has 2 heterocycles. The first kappa shape index (κ1) is 7.41. The molecule has 2 unspecified atom stereocenters. The second kappa shape index (κ2) is 2.75. The molecule has 0 radical (unpaired) electrons. The number of hydrogen-bond donors (Lipinski definition) is 2. The first-order chi connectivity index (χ1) is 6.45. The monoisotopic (exact) mass is 176 g/mol. The maximum absolute atomic E-state index is 4.35. The van der Waals surface area contributed by atoms with Crippen LogP contribution in [0.5, 0.6) is 0 Å². The highest BCUT2D eigenvalue weighted by Gasteiger charge is 2.34. The summed E-state index contributed by atoms with van der Waals surface area (Å²) in [6, 6.07) is 0.409. The van der Waals surface area contributed by atoms with Gasteiger partial charge in [0.05, 0.1) is 11.7 Å². The van der Waals surface area contributed by atoms with Crippen LogP contribution >= 0.6 is 0 Å². The van der Waals surface area contributed by atoms with Crippen molar-refractivity contribution < 1.29 is 0 Å². The fourth-order valence-electron chi connectivity index (χ4n) is 2.28. The molecule has 4 nitrogen and oxygen atoms in total. The molecule has 1 saturated heterocycles. The predicted molar refractivity (Wildman–Crippen MR) is 47.7 cm³/mol. The van der Waals surface area contributed by atoms with E-state index in [-0.39, 0.29) is 0 Å². The van der Waals surface area contributed by atoms with Gasteiger partial charge in [0.1, 0.15) is 6.33 Å². The zero-order chi connectivity index (χ0) is 8.67. The summed E-state index contributed by atoms with van der Waals surface area (Å²) < 4.78 is 0. The Kier molecular flexibility index (Phi) is 1.57. The molecule has 68 valence electrons. The van der Waals surface area contributed by atoms with Gasteiger partial charge in [0.15, 0.2) is 0 Å². The summed E-state index contributed by atoms with van der Waals surface area (Å²) in [5.41, 5.74) is 8.97. The van der Waals surface area contributed by atoms with Crippen molar-refractivity contribution in [3.05, 3.63) is 23.8 Å². The highest BCUT2D eigenvalue weighted by Crippen LogP contribution is 2.33.